The quantitative estimate of drug-likeness (QED) is 0.704. The molecule has 0 spiro atoms. The van der Waals surface area contributed by atoms with Gasteiger partial charge in [-0.1, -0.05) is 0 Å². The van der Waals surface area contributed by atoms with E-state index in [-0.39, 0.29) is 17.2 Å². The van der Waals surface area contributed by atoms with Gasteiger partial charge in [-0.3, -0.25) is 9.20 Å². The Bertz CT molecular complexity index is 1010. The van der Waals surface area contributed by atoms with Crippen LogP contribution >= 0.6 is 0 Å². The van der Waals surface area contributed by atoms with Crippen molar-refractivity contribution in [2.45, 2.75) is 32.9 Å². The molecule has 1 aliphatic heterocycles. The lowest BCUT2D eigenvalue weighted by Gasteiger charge is -2.36. The van der Waals surface area contributed by atoms with Crippen molar-refractivity contribution < 1.29 is 9.18 Å². The molecule has 1 aliphatic rings. The molecule has 9 nitrogen and oxygen atoms in total. The first kappa shape index (κ1) is 18.2. The van der Waals surface area contributed by atoms with Crippen molar-refractivity contribution in [1.29, 1.82) is 0 Å². The number of aryl methyl sites for hydroxylation is 1. The van der Waals surface area contributed by atoms with Crippen LogP contribution in [0.2, 0.25) is 0 Å². The zero-order valence-corrected chi connectivity index (χ0v) is 15.8. The molecule has 1 saturated heterocycles. The van der Waals surface area contributed by atoms with Crippen LogP contribution in [-0.2, 0) is 0 Å². The minimum Gasteiger partial charge on any atom is -0.352 e. The molecule has 2 N–H and O–H groups in total. The molecule has 0 aliphatic carbocycles. The lowest BCUT2D eigenvalue weighted by atomic mass is 10.1. The summed E-state index contributed by atoms with van der Waals surface area (Å²) < 4.78 is 15.5. The van der Waals surface area contributed by atoms with E-state index in [0.29, 0.717) is 17.8 Å². The molecular formula is C18H21FN8O. The molecule has 28 heavy (non-hydrogen) atoms. The molecule has 4 heterocycles. The van der Waals surface area contributed by atoms with E-state index < -0.39 is 11.9 Å². The van der Waals surface area contributed by atoms with Gasteiger partial charge >= 0.3 is 0 Å². The number of rotatable bonds is 3. The molecule has 1 fully saturated rings. The van der Waals surface area contributed by atoms with E-state index in [0.717, 1.165) is 18.9 Å². The molecule has 10 heteroatoms. The number of fused-ring (bicyclic) bond motifs is 1. The number of piperazine rings is 1. The number of imidazole rings is 1. The van der Waals surface area contributed by atoms with Crippen LogP contribution in [0.1, 0.15) is 30.0 Å². The van der Waals surface area contributed by atoms with Crippen molar-refractivity contribution in [2.24, 2.45) is 0 Å². The van der Waals surface area contributed by atoms with Crippen molar-refractivity contribution in [3.8, 4) is 0 Å². The Morgan fingerprint density at radius 2 is 1.93 bits per heavy atom. The summed E-state index contributed by atoms with van der Waals surface area (Å²) in [4.78, 5) is 30.9. The summed E-state index contributed by atoms with van der Waals surface area (Å²) in [6.45, 7) is 7.61. The minimum atomic E-state index is -0.755. The fourth-order valence-corrected chi connectivity index (χ4v) is 3.44. The predicted octanol–water partition coefficient (Wildman–Crippen LogP) is 1.41. The van der Waals surface area contributed by atoms with E-state index in [1.807, 2.05) is 0 Å². The third kappa shape index (κ3) is 3.63. The number of amides is 1. The van der Waals surface area contributed by atoms with Gasteiger partial charge in [-0.2, -0.15) is 9.37 Å². The average Bonchev–Trinajstić information content (AvgIpc) is 3.02. The van der Waals surface area contributed by atoms with Crippen molar-refractivity contribution in [3.05, 3.63) is 42.1 Å². The van der Waals surface area contributed by atoms with Gasteiger partial charge in [-0.05, 0) is 20.8 Å². The summed E-state index contributed by atoms with van der Waals surface area (Å²) in [6, 6.07) is 0.687. The molecule has 4 rings (SSSR count). The smallest absolute Gasteiger partial charge is 0.277 e. The zero-order chi connectivity index (χ0) is 19.8. The number of nitrogens with zero attached hydrogens (tertiary/aromatic N) is 6. The highest BCUT2D eigenvalue weighted by Gasteiger charge is 2.22. The van der Waals surface area contributed by atoms with Gasteiger partial charge in [0.15, 0.2) is 11.5 Å². The topological polar surface area (TPSA) is 100 Å². The highest BCUT2D eigenvalue weighted by molar-refractivity contribution is 6.02. The third-order valence-electron chi connectivity index (χ3n) is 4.51. The van der Waals surface area contributed by atoms with Gasteiger partial charge in [0.1, 0.15) is 11.5 Å². The van der Waals surface area contributed by atoms with Crippen LogP contribution in [0.15, 0.2) is 24.8 Å². The molecule has 0 unspecified atom stereocenters. The second kappa shape index (κ2) is 7.12. The van der Waals surface area contributed by atoms with Crippen LogP contribution in [-0.4, -0.2) is 55.4 Å². The second-order valence-electron chi connectivity index (χ2n) is 7.12. The molecule has 0 saturated carbocycles. The molecule has 0 bridgehead atoms. The number of hydrogen-bond acceptors (Lipinski definition) is 7. The van der Waals surface area contributed by atoms with Gasteiger partial charge in [0.05, 0.1) is 24.3 Å². The van der Waals surface area contributed by atoms with Crippen LogP contribution in [0.3, 0.4) is 0 Å². The SMILES string of the molecule is Cc1cn2cc(NC(=O)c3cnc(N4C[C@@H](C)N[C@@H](C)C4)cn3)nc(F)c2n1. The van der Waals surface area contributed by atoms with Gasteiger partial charge in [0.25, 0.3) is 11.9 Å². The van der Waals surface area contributed by atoms with Crippen molar-refractivity contribution >= 4 is 23.2 Å². The summed E-state index contributed by atoms with van der Waals surface area (Å²) in [5.41, 5.74) is 0.894. The summed E-state index contributed by atoms with van der Waals surface area (Å²) in [5.74, 6) is -0.474. The Hall–Kier alpha value is -3.14. The van der Waals surface area contributed by atoms with Crippen LogP contribution in [0, 0.1) is 12.9 Å². The Morgan fingerprint density at radius 3 is 2.61 bits per heavy atom. The second-order valence-corrected chi connectivity index (χ2v) is 7.12. The molecule has 1 amide bonds. The molecule has 3 aromatic rings. The van der Waals surface area contributed by atoms with Gasteiger partial charge in [-0.15, -0.1) is 0 Å². The van der Waals surface area contributed by atoms with Crippen LogP contribution in [0.25, 0.3) is 5.65 Å². The van der Waals surface area contributed by atoms with Gasteiger partial charge in [-0.25, -0.2) is 15.0 Å². The normalized spacial score (nSPS) is 19.8. The van der Waals surface area contributed by atoms with Gasteiger partial charge in [0.2, 0.25) is 0 Å². The molecule has 0 aromatic carbocycles. The summed E-state index contributed by atoms with van der Waals surface area (Å²) in [5, 5.41) is 6.01. The van der Waals surface area contributed by atoms with E-state index in [4.69, 9.17) is 0 Å². The molecule has 146 valence electrons. The lowest BCUT2D eigenvalue weighted by molar-refractivity contribution is 0.102. The summed E-state index contributed by atoms with van der Waals surface area (Å²) in [6.07, 6.45) is 6.15. The number of carbonyl (C=O) groups is 1. The first-order valence-electron chi connectivity index (χ1n) is 9.05. The highest BCUT2D eigenvalue weighted by Crippen LogP contribution is 2.15. The average molecular weight is 384 g/mol. The number of halogens is 1. The van der Waals surface area contributed by atoms with Gasteiger partial charge in [0, 0.05) is 31.4 Å². The summed E-state index contributed by atoms with van der Waals surface area (Å²) >= 11 is 0. The van der Waals surface area contributed by atoms with Crippen LogP contribution < -0.4 is 15.5 Å². The molecule has 3 aromatic heterocycles. The number of carbonyl (C=O) groups excluding carboxylic acids is 1. The van der Waals surface area contributed by atoms with Crippen molar-refractivity contribution in [3.63, 3.8) is 0 Å². The predicted molar refractivity (Wildman–Crippen MR) is 102 cm³/mol. The zero-order valence-electron chi connectivity index (χ0n) is 15.8. The molecular weight excluding hydrogens is 363 g/mol. The van der Waals surface area contributed by atoms with E-state index in [2.05, 4.69) is 49.3 Å². The highest BCUT2D eigenvalue weighted by atomic mass is 19.1. The number of anilines is 2. The summed E-state index contributed by atoms with van der Waals surface area (Å²) in [7, 11) is 0. The standard InChI is InChI=1S/C18H21FN8O/c1-10-6-26(7-11(2)22-10)15-5-20-13(4-21-15)18(28)25-14-9-27-8-12(3)23-17(27)16(19)24-14/h4-5,8-11,22H,6-7H2,1-3H3,(H,25,28)/t10-,11+. The maximum absolute atomic E-state index is 14.1. The van der Waals surface area contributed by atoms with E-state index >= 15 is 0 Å². The van der Waals surface area contributed by atoms with E-state index in [9.17, 15) is 9.18 Å². The van der Waals surface area contributed by atoms with E-state index in [1.165, 1.54) is 16.8 Å². The van der Waals surface area contributed by atoms with Crippen molar-refractivity contribution in [2.75, 3.05) is 23.3 Å². The van der Waals surface area contributed by atoms with E-state index in [1.54, 1.807) is 19.3 Å². The molecule has 0 radical (unpaired) electrons. The number of nitrogens with one attached hydrogen (secondary N) is 2. The maximum Gasteiger partial charge on any atom is 0.277 e. The Kier molecular flexibility index (Phi) is 4.63. The fraction of sp³-hybridized carbons (Fsp3) is 0.389. The first-order chi connectivity index (χ1) is 13.4. The third-order valence-corrected chi connectivity index (χ3v) is 4.51. The lowest BCUT2D eigenvalue weighted by Crippen LogP contribution is -2.54. The first-order valence-corrected chi connectivity index (χ1v) is 9.05. The Morgan fingerprint density at radius 1 is 1.18 bits per heavy atom. The van der Waals surface area contributed by atoms with Crippen LogP contribution in [0.4, 0.5) is 16.0 Å². The van der Waals surface area contributed by atoms with Gasteiger partial charge < -0.3 is 15.5 Å². The number of hydrogen-bond donors (Lipinski definition) is 2. The monoisotopic (exact) mass is 384 g/mol. The fourth-order valence-electron chi connectivity index (χ4n) is 3.44. The van der Waals surface area contributed by atoms with Crippen LogP contribution in [0.5, 0.6) is 0 Å². The number of aromatic nitrogens is 5. The Balaban J connectivity index is 1.49. The Labute approximate surface area is 161 Å². The van der Waals surface area contributed by atoms with Crippen molar-refractivity contribution in [1.82, 2.24) is 29.7 Å². The molecule has 2 atom stereocenters. The minimum absolute atomic E-state index is 0.0723. The maximum atomic E-state index is 14.1. The largest absolute Gasteiger partial charge is 0.352 e.